The molecule has 5 atom stereocenters. The van der Waals surface area contributed by atoms with Crippen LogP contribution in [0.5, 0.6) is 0 Å². The highest BCUT2D eigenvalue weighted by Crippen LogP contribution is 2.41. The van der Waals surface area contributed by atoms with Crippen molar-refractivity contribution >= 4 is 0 Å². The lowest BCUT2D eigenvalue weighted by Crippen LogP contribution is -2.40. The molecule has 3 aliphatic heterocycles. The summed E-state index contributed by atoms with van der Waals surface area (Å²) in [6.07, 6.45) is -0.271. The van der Waals surface area contributed by atoms with Crippen LogP contribution >= 0.6 is 0 Å². The number of ether oxygens (including phenoxy) is 5. The maximum Gasteiger partial charge on any atom is 0.164 e. The van der Waals surface area contributed by atoms with E-state index in [-0.39, 0.29) is 30.5 Å². The molecular weight excluding hydrogens is 236 g/mol. The Hall–Kier alpha value is -0.200. The minimum absolute atomic E-state index is 0.0164. The van der Waals surface area contributed by atoms with Crippen LogP contribution in [0.3, 0.4) is 0 Å². The van der Waals surface area contributed by atoms with Crippen molar-refractivity contribution in [2.24, 2.45) is 0 Å². The van der Waals surface area contributed by atoms with Crippen LogP contribution in [0.2, 0.25) is 0 Å². The zero-order valence-electron chi connectivity index (χ0n) is 11.6. The number of hydrogen-bond acceptors (Lipinski definition) is 5. The first kappa shape index (κ1) is 12.8. The molecule has 0 bridgehead atoms. The van der Waals surface area contributed by atoms with E-state index >= 15 is 0 Å². The average Bonchev–Trinajstić information content (AvgIpc) is 2.81. The van der Waals surface area contributed by atoms with Gasteiger partial charge in [0, 0.05) is 0 Å². The summed E-state index contributed by atoms with van der Waals surface area (Å²) in [5, 5.41) is 0. The second kappa shape index (κ2) is 3.90. The minimum Gasteiger partial charge on any atom is -0.367 e. The van der Waals surface area contributed by atoms with Gasteiger partial charge in [0.1, 0.15) is 24.4 Å². The molecule has 0 spiro atoms. The lowest BCUT2D eigenvalue weighted by atomic mass is 10.1. The molecule has 3 fully saturated rings. The second-order valence-electron chi connectivity index (χ2n) is 6.24. The summed E-state index contributed by atoms with van der Waals surface area (Å²) in [4.78, 5) is 0. The van der Waals surface area contributed by atoms with Crippen molar-refractivity contribution in [3.8, 4) is 0 Å². The molecule has 0 aromatic carbocycles. The van der Waals surface area contributed by atoms with Crippen LogP contribution in [-0.4, -0.2) is 48.7 Å². The molecule has 0 unspecified atom stereocenters. The monoisotopic (exact) mass is 258 g/mol. The number of rotatable bonds is 1. The summed E-state index contributed by atoms with van der Waals surface area (Å²) in [5.41, 5.74) is 0. The van der Waals surface area contributed by atoms with Gasteiger partial charge in [-0.2, -0.15) is 0 Å². The fraction of sp³-hybridized carbons (Fsp3) is 1.00. The Morgan fingerprint density at radius 1 is 0.833 bits per heavy atom. The lowest BCUT2D eigenvalue weighted by Gasteiger charge is -2.26. The van der Waals surface area contributed by atoms with Gasteiger partial charge in [0.2, 0.25) is 0 Å². The summed E-state index contributed by atoms with van der Waals surface area (Å²) >= 11 is 0. The van der Waals surface area contributed by atoms with Crippen molar-refractivity contribution < 1.29 is 23.7 Å². The number of hydrogen-bond donors (Lipinski definition) is 0. The zero-order valence-corrected chi connectivity index (χ0v) is 11.6. The Morgan fingerprint density at radius 2 is 1.50 bits per heavy atom. The van der Waals surface area contributed by atoms with E-state index in [4.69, 9.17) is 23.7 Å². The fourth-order valence-corrected chi connectivity index (χ4v) is 3.01. The molecular formula is C13H22O5. The highest BCUT2D eigenvalue weighted by Gasteiger charge is 2.57. The third-order valence-electron chi connectivity index (χ3n) is 3.72. The average molecular weight is 258 g/mol. The molecule has 18 heavy (non-hydrogen) atoms. The Bertz CT molecular complexity index is 340. The van der Waals surface area contributed by atoms with E-state index in [0.717, 1.165) is 0 Å². The van der Waals surface area contributed by atoms with E-state index in [2.05, 4.69) is 0 Å². The maximum absolute atomic E-state index is 5.95. The molecule has 0 radical (unpaired) electrons. The van der Waals surface area contributed by atoms with Gasteiger partial charge in [-0.25, -0.2) is 0 Å². The molecule has 5 heteroatoms. The topological polar surface area (TPSA) is 46.2 Å². The van der Waals surface area contributed by atoms with Gasteiger partial charge in [-0.1, -0.05) is 0 Å². The summed E-state index contributed by atoms with van der Waals surface area (Å²) in [7, 11) is 0. The van der Waals surface area contributed by atoms with Crippen molar-refractivity contribution in [2.45, 2.75) is 76.7 Å². The van der Waals surface area contributed by atoms with Gasteiger partial charge in [-0.15, -0.1) is 0 Å². The van der Waals surface area contributed by atoms with Gasteiger partial charge < -0.3 is 23.7 Å². The third kappa shape index (κ3) is 2.08. The predicted octanol–water partition coefficient (Wildman–Crippen LogP) is 1.45. The summed E-state index contributed by atoms with van der Waals surface area (Å²) in [6.45, 7) is 10.3. The molecule has 0 aliphatic carbocycles. The first-order valence-corrected chi connectivity index (χ1v) is 6.60. The SMILES string of the molecule is C[C@@H]1O[C@H]([C@H]2COC(C)(C)O2)[C@@H]2OC(C)(C)O[C@@H]21. The first-order chi connectivity index (χ1) is 8.27. The lowest BCUT2D eigenvalue weighted by molar-refractivity contribution is -0.204. The van der Waals surface area contributed by atoms with Crippen LogP contribution in [0.4, 0.5) is 0 Å². The maximum atomic E-state index is 5.95. The van der Waals surface area contributed by atoms with Crippen LogP contribution < -0.4 is 0 Å². The van der Waals surface area contributed by atoms with Crippen molar-refractivity contribution in [2.75, 3.05) is 6.61 Å². The van der Waals surface area contributed by atoms with Crippen molar-refractivity contribution in [1.29, 1.82) is 0 Å². The standard InChI is InChI=1S/C13H22O5/c1-7-9-11(18-13(4,5)17-9)10(15-7)8-6-14-12(2,3)16-8/h7-11H,6H2,1-5H3/t7-,8+,9+,10+,11+/m0/s1. The quantitative estimate of drug-likeness (QED) is 0.712. The highest BCUT2D eigenvalue weighted by molar-refractivity contribution is 5.00. The molecule has 3 rings (SSSR count). The molecule has 5 nitrogen and oxygen atoms in total. The Balaban J connectivity index is 1.75. The Kier molecular flexibility index (Phi) is 2.78. The van der Waals surface area contributed by atoms with Crippen LogP contribution in [0.25, 0.3) is 0 Å². The summed E-state index contributed by atoms with van der Waals surface area (Å²) < 4.78 is 29.3. The first-order valence-electron chi connectivity index (χ1n) is 6.60. The second-order valence-corrected chi connectivity index (χ2v) is 6.24. The van der Waals surface area contributed by atoms with E-state index in [1.165, 1.54) is 0 Å². The molecule has 0 N–H and O–H groups in total. The smallest absolute Gasteiger partial charge is 0.164 e. The molecule has 3 heterocycles. The largest absolute Gasteiger partial charge is 0.367 e. The van der Waals surface area contributed by atoms with Crippen molar-refractivity contribution in [3.05, 3.63) is 0 Å². The van der Waals surface area contributed by atoms with Gasteiger partial charge in [0.05, 0.1) is 12.7 Å². The third-order valence-corrected chi connectivity index (χ3v) is 3.72. The van der Waals surface area contributed by atoms with E-state index in [9.17, 15) is 0 Å². The zero-order chi connectivity index (χ0) is 13.1. The van der Waals surface area contributed by atoms with Gasteiger partial charge >= 0.3 is 0 Å². The van der Waals surface area contributed by atoms with Gasteiger partial charge in [0.15, 0.2) is 11.6 Å². The Labute approximate surface area is 108 Å². The fourth-order valence-electron chi connectivity index (χ4n) is 3.01. The Morgan fingerprint density at radius 3 is 2.11 bits per heavy atom. The molecule has 0 saturated carbocycles. The molecule has 104 valence electrons. The van der Waals surface area contributed by atoms with Crippen molar-refractivity contribution in [1.82, 2.24) is 0 Å². The van der Waals surface area contributed by atoms with E-state index in [1.54, 1.807) is 0 Å². The van der Waals surface area contributed by atoms with Crippen LogP contribution in [0.1, 0.15) is 34.6 Å². The van der Waals surface area contributed by atoms with Crippen LogP contribution in [0.15, 0.2) is 0 Å². The molecule has 0 aromatic heterocycles. The van der Waals surface area contributed by atoms with E-state index < -0.39 is 11.6 Å². The van der Waals surface area contributed by atoms with Crippen LogP contribution in [0, 0.1) is 0 Å². The molecule has 3 saturated heterocycles. The molecule has 3 aliphatic rings. The van der Waals surface area contributed by atoms with Gasteiger partial charge in [-0.3, -0.25) is 0 Å². The number of fused-ring (bicyclic) bond motifs is 1. The normalized spacial score (nSPS) is 49.5. The van der Waals surface area contributed by atoms with Crippen molar-refractivity contribution in [3.63, 3.8) is 0 Å². The molecule has 0 aromatic rings. The van der Waals surface area contributed by atoms with E-state index in [1.807, 2.05) is 34.6 Å². The van der Waals surface area contributed by atoms with Gasteiger partial charge in [-0.05, 0) is 34.6 Å². The van der Waals surface area contributed by atoms with E-state index in [0.29, 0.717) is 6.61 Å². The summed E-state index contributed by atoms with van der Waals surface area (Å²) in [6, 6.07) is 0. The summed E-state index contributed by atoms with van der Waals surface area (Å²) in [5.74, 6) is -1.08. The predicted molar refractivity (Wildman–Crippen MR) is 63.1 cm³/mol. The van der Waals surface area contributed by atoms with Gasteiger partial charge in [0.25, 0.3) is 0 Å². The minimum atomic E-state index is -0.541. The highest BCUT2D eigenvalue weighted by atomic mass is 16.8. The molecule has 0 amide bonds. The van der Waals surface area contributed by atoms with Crippen LogP contribution in [-0.2, 0) is 23.7 Å².